The molecular formula is C14H28N2O. The van der Waals surface area contributed by atoms with Crippen LogP contribution in [0.3, 0.4) is 0 Å². The van der Waals surface area contributed by atoms with Crippen molar-refractivity contribution >= 4 is 0 Å². The zero-order valence-corrected chi connectivity index (χ0v) is 11.6. The summed E-state index contributed by atoms with van der Waals surface area (Å²) in [5.74, 6) is 0.873. The van der Waals surface area contributed by atoms with Gasteiger partial charge in [0, 0.05) is 18.1 Å². The van der Waals surface area contributed by atoms with Gasteiger partial charge in [0.1, 0.15) is 0 Å². The van der Waals surface area contributed by atoms with Crippen molar-refractivity contribution in [2.45, 2.75) is 52.2 Å². The first-order chi connectivity index (χ1) is 8.14. The molecule has 0 radical (unpaired) electrons. The molecule has 0 amide bonds. The molecule has 2 fully saturated rings. The maximum Gasteiger partial charge on any atom is 0.0655 e. The Bertz CT molecular complexity index is 236. The minimum Gasteiger partial charge on any atom is -0.378 e. The number of hydrogen-bond donors (Lipinski definition) is 2. The molecule has 3 heteroatoms. The van der Waals surface area contributed by atoms with Crippen molar-refractivity contribution in [1.82, 2.24) is 10.6 Å². The van der Waals surface area contributed by atoms with Crippen LogP contribution in [0.25, 0.3) is 0 Å². The monoisotopic (exact) mass is 240 g/mol. The van der Waals surface area contributed by atoms with Gasteiger partial charge in [0.15, 0.2) is 0 Å². The van der Waals surface area contributed by atoms with E-state index in [0.717, 1.165) is 12.5 Å². The Hall–Kier alpha value is -0.120. The van der Waals surface area contributed by atoms with Crippen LogP contribution in [0.5, 0.6) is 0 Å². The van der Waals surface area contributed by atoms with E-state index in [1.807, 2.05) is 0 Å². The fourth-order valence-corrected chi connectivity index (χ4v) is 3.11. The first kappa shape index (κ1) is 13.3. The molecule has 1 aliphatic heterocycles. The van der Waals surface area contributed by atoms with Crippen LogP contribution in [-0.2, 0) is 4.74 Å². The highest BCUT2D eigenvalue weighted by atomic mass is 16.5. The Morgan fingerprint density at radius 2 is 2.00 bits per heavy atom. The second-order valence-corrected chi connectivity index (χ2v) is 6.16. The van der Waals surface area contributed by atoms with Gasteiger partial charge < -0.3 is 15.4 Å². The van der Waals surface area contributed by atoms with E-state index >= 15 is 0 Å². The second-order valence-electron chi connectivity index (χ2n) is 6.16. The lowest BCUT2D eigenvalue weighted by Crippen LogP contribution is -2.61. The minimum absolute atomic E-state index is 0.308. The van der Waals surface area contributed by atoms with E-state index < -0.39 is 0 Å². The summed E-state index contributed by atoms with van der Waals surface area (Å²) < 4.78 is 5.77. The Morgan fingerprint density at radius 3 is 2.59 bits per heavy atom. The average molecular weight is 240 g/mol. The molecule has 1 saturated carbocycles. The van der Waals surface area contributed by atoms with Crippen molar-refractivity contribution in [3.05, 3.63) is 0 Å². The molecule has 0 aromatic heterocycles. The molecule has 1 saturated heterocycles. The van der Waals surface area contributed by atoms with Crippen molar-refractivity contribution in [2.24, 2.45) is 11.3 Å². The lowest BCUT2D eigenvalue weighted by molar-refractivity contribution is -0.114. The van der Waals surface area contributed by atoms with E-state index in [1.165, 1.54) is 38.9 Å². The maximum atomic E-state index is 5.77. The van der Waals surface area contributed by atoms with Gasteiger partial charge in [0.05, 0.1) is 6.10 Å². The molecule has 2 unspecified atom stereocenters. The van der Waals surface area contributed by atoms with Gasteiger partial charge in [0.2, 0.25) is 0 Å². The summed E-state index contributed by atoms with van der Waals surface area (Å²) in [6, 6.07) is 0.647. The largest absolute Gasteiger partial charge is 0.378 e. The average Bonchev–Trinajstić information content (AvgIpc) is 2.34. The molecule has 2 N–H and O–H groups in total. The van der Waals surface area contributed by atoms with Crippen molar-refractivity contribution in [2.75, 3.05) is 26.2 Å². The van der Waals surface area contributed by atoms with Gasteiger partial charge >= 0.3 is 0 Å². The normalized spacial score (nSPS) is 33.4. The zero-order valence-electron chi connectivity index (χ0n) is 11.6. The summed E-state index contributed by atoms with van der Waals surface area (Å²) in [5, 5.41) is 7.18. The number of hydrogen-bond acceptors (Lipinski definition) is 3. The lowest BCUT2D eigenvalue weighted by Gasteiger charge is -2.52. The van der Waals surface area contributed by atoms with E-state index in [2.05, 4.69) is 31.4 Å². The van der Waals surface area contributed by atoms with Gasteiger partial charge in [-0.25, -0.2) is 0 Å². The summed E-state index contributed by atoms with van der Waals surface area (Å²) in [6.45, 7) is 11.2. The fraction of sp³-hybridized carbons (Fsp3) is 1.00. The third kappa shape index (κ3) is 3.01. The quantitative estimate of drug-likeness (QED) is 0.768. The van der Waals surface area contributed by atoms with Gasteiger partial charge in [0.25, 0.3) is 0 Å². The first-order valence-corrected chi connectivity index (χ1v) is 7.20. The molecule has 1 heterocycles. The van der Waals surface area contributed by atoms with Crippen LogP contribution < -0.4 is 10.6 Å². The Morgan fingerprint density at radius 1 is 1.29 bits per heavy atom. The van der Waals surface area contributed by atoms with E-state index in [9.17, 15) is 0 Å². The molecule has 0 aromatic rings. The topological polar surface area (TPSA) is 33.3 Å². The van der Waals surface area contributed by atoms with Crippen LogP contribution in [0, 0.1) is 11.3 Å². The highest BCUT2D eigenvalue weighted by Gasteiger charge is 2.48. The fourth-order valence-electron chi connectivity index (χ4n) is 3.11. The van der Waals surface area contributed by atoms with Crippen LogP contribution in [-0.4, -0.2) is 38.4 Å². The molecule has 2 atom stereocenters. The van der Waals surface area contributed by atoms with Crippen LogP contribution in [0.1, 0.15) is 40.0 Å². The summed E-state index contributed by atoms with van der Waals surface area (Å²) in [5.41, 5.74) is 0.308. The van der Waals surface area contributed by atoms with Crippen molar-refractivity contribution in [3.63, 3.8) is 0 Å². The van der Waals surface area contributed by atoms with Gasteiger partial charge in [-0.2, -0.15) is 0 Å². The smallest absolute Gasteiger partial charge is 0.0655 e. The van der Waals surface area contributed by atoms with Crippen molar-refractivity contribution in [3.8, 4) is 0 Å². The lowest BCUT2D eigenvalue weighted by atomic mass is 9.64. The minimum atomic E-state index is 0.308. The van der Waals surface area contributed by atoms with E-state index in [0.29, 0.717) is 17.6 Å². The van der Waals surface area contributed by atoms with E-state index in [1.54, 1.807) is 0 Å². The molecule has 2 rings (SSSR count). The first-order valence-electron chi connectivity index (χ1n) is 7.20. The van der Waals surface area contributed by atoms with E-state index in [-0.39, 0.29) is 0 Å². The highest BCUT2D eigenvalue weighted by molar-refractivity contribution is 5.02. The van der Waals surface area contributed by atoms with Gasteiger partial charge in [-0.15, -0.1) is 0 Å². The maximum absolute atomic E-state index is 5.77. The molecule has 2 aliphatic rings. The standard InChI is InChI=1S/C14H28N2O/c1-4-17-13-9-12(14(13,2)3)16-10-11-5-7-15-8-6-11/h11-13,15-16H,4-10H2,1-3H3. The third-order valence-corrected chi connectivity index (χ3v) is 4.66. The summed E-state index contributed by atoms with van der Waals surface area (Å²) in [4.78, 5) is 0. The van der Waals surface area contributed by atoms with Crippen LogP contribution in [0.15, 0.2) is 0 Å². The van der Waals surface area contributed by atoms with Gasteiger partial charge in [-0.05, 0) is 51.7 Å². The number of nitrogens with one attached hydrogen (secondary N) is 2. The van der Waals surface area contributed by atoms with Crippen LogP contribution in [0.2, 0.25) is 0 Å². The van der Waals surface area contributed by atoms with Gasteiger partial charge in [-0.3, -0.25) is 0 Å². The molecular weight excluding hydrogens is 212 g/mol. The summed E-state index contributed by atoms with van der Waals surface area (Å²) >= 11 is 0. The Kier molecular flexibility index (Phi) is 4.45. The zero-order chi connectivity index (χ0) is 12.3. The molecule has 100 valence electrons. The molecule has 1 aliphatic carbocycles. The predicted molar refractivity (Wildman–Crippen MR) is 71.2 cm³/mol. The van der Waals surface area contributed by atoms with Crippen LogP contribution in [0.4, 0.5) is 0 Å². The molecule has 17 heavy (non-hydrogen) atoms. The van der Waals surface area contributed by atoms with Gasteiger partial charge in [-0.1, -0.05) is 13.8 Å². The Labute approximate surface area is 106 Å². The SMILES string of the molecule is CCOC1CC(NCC2CCNCC2)C1(C)C. The van der Waals surface area contributed by atoms with Crippen molar-refractivity contribution in [1.29, 1.82) is 0 Å². The molecule has 0 aromatic carbocycles. The summed E-state index contributed by atoms with van der Waals surface area (Å²) in [7, 11) is 0. The second kappa shape index (κ2) is 5.68. The molecule has 3 nitrogen and oxygen atoms in total. The number of rotatable bonds is 5. The summed E-state index contributed by atoms with van der Waals surface area (Å²) in [6.07, 6.45) is 4.30. The Balaban J connectivity index is 1.70. The van der Waals surface area contributed by atoms with Crippen molar-refractivity contribution < 1.29 is 4.74 Å². The third-order valence-electron chi connectivity index (χ3n) is 4.66. The van der Waals surface area contributed by atoms with E-state index in [4.69, 9.17) is 4.74 Å². The molecule has 0 spiro atoms. The molecule has 0 bridgehead atoms. The predicted octanol–water partition coefficient (Wildman–Crippen LogP) is 1.78. The number of piperidine rings is 1. The number of ether oxygens (including phenoxy) is 1. The van der Waals surface area contributed by atoms with Crippen LogP contribution >= 0.6 is 0 Å². The highest BCUT2D eigenvalue weighted by Crippen LogP contribution is 2.42.